The van der Waals surface area contributed by atoms with E-state index >= 15 is 0 Å². The van der Waals surface area contributed by atoms with Crippen LogP contribution in [-0.4, -0.2) is 112 Å². The molecule has 85 heavy (non-hydrogen) atoms. The van der Waals surface area contributed by atoms with Crippen molar-refractivity contribution < 1.29 is 64.1 Å². The number of esters is 4. The van der Waals surface area contributed by atoms with E-state index in [1.165, 1.54) is 255 Å². The second-order valence-electron chi connectivity index (χ2n) is 23.0. The summed E-state index contributed by atoms with van der Waals surface area (Å²) in [6.45, 7) is 8.39. The van der Waals surface area contributed by atoms with E-state index < -0.39 is 55.0 Å². The Morgan fingerprint density at radius 1 is 0.318 bits per heavy atom. The van der Waals surface area contributed by atoms with Crippen LogP contribution in [0.1, 0.15) is 352 Å². The standard InChI is InChI=1S/2C34H58O7S.Ca/c2*1-3-5-6-7-8-9-10-11-12-13-14-15-16-17-18-19-20-21-22-25-29-40-33(35)30-27-23-24-28-31(30)34(36)41-32(26-4-2)42(37,38)39;/h2*23-24,27-28,32H,3-22,25-26,29H2,1-2H3,(H,37,38,39);/q;;+2/p-2. The van der Waals surface area contributed by atoms with Crippen molar-refractivity contribution in [3.8, 4) is 0 Å². The molecule has 0 bridgehead atoms. The number of ether oxygens (including phenoxy) is 4. The minimum atomic E-state index is -4.81. The summed E-state index contributed by atoms with van der Waals surface area (Å²) in [7, 11) is -9.63. The van der Waals surface area contributed by atoms with Crippen LogP contribution in [0.5, 0.6) is 0 Å². The first kappa shape index (κ1) is 82.4. The number of unbranched alkanes of at least 4 members (excludes halogenated alkanes) is 38. The van der Waals surface area contributed by atoms with E-state index in [0.717, 1.165) is 38.5 Å². The maximum Gasteiger partial charge on any atom is 2.00 e. The van der Waals surface area contributed by atoms with Gasteiger partial charge in [0.25, 0.3) is 0 Å². The molecule has 0 amide bonds. The van der Waals surface area contributed by atoms with Gasteiger partial charge in [-0.2, -0.15) is 0 Å². The Morgan fingerprint density at radius 3 is 0.694 bits per heavy atom. The summed E-state index contributed by atoms with van der Waals surface area (Å²) in [6, 6.07) is 11.8. The number of rotatable bonds is 54. The Hall–Kier alpha value is -2.60. The Labute approximate surface area is 546 Å². The van der Waals surface area contributed by atoms with Gasteiger partial charge in [0, 0.05) is 0 Å². The second kappa shape index (κ2) is 55.5. The molecule has 0 saturated carbocycles. The van der Waals surface area contributed by atoms with Crippen LogP contribution in [0.15, 0.2) is 48.5 Å². The molecule has 0 saturated heterocycles. The molecule has 0 fully saturated rings. The zero-order valence-corrected chi connectivity index (χ0v) is 57.4. The molecule has 2 unspecified atom stereocenters. The van der Waals surface area contributed by atoms with Crippen molar-refractivity contribution >= 4 is 81.9 Å². The van der Waals surface area contributed by atoms with E-state index in [1.807, 2.05) is 0 Å². The van der Waals surface area contributed by atoms with Gasteiger partial charge >= 0.3 is 61.6 Å². The summed E-state index contributed by atoms with van der Waals surface area (Å²) in [4.78, 5) is 50.2. The molecule has 0 aliphatic heterocycles. The molecule has 14 nitrogen and oxygen atoms in total. The number of carbonyl (C=O) groups is 4. The zero-order chi connectivity index (χ0) is 61.8. The molecule has 0 spiro atoms. The average Bonchev–Trinajstić information content (AvgIpc) is 3.67. The molecule has 0 radical (unpaired) electrons. The first-order valence-electron chi connectivity index (χ1n) is 33.5. The van der Waals surface area contributed by atoms with E-state index in [9.17, 15) is 45.1 Å². The second-order valence-corrected chi connectivity index (χ2v) is 26.1. The number of hydrogen-bond donors (Lipinski definition) is 0. The predicted octanol–water partition coefficient (Wildman–Crippen LogP) is 18.6. The van der Waals surface area contributed by atoms with Crippen molar-refractivity contribution in [1.29, 1.82) is 0 Å². The van der Waals surface area contributed by atoms with Gasteiger partial charge in [-0.05, 0) is 49.9 Å². The summed E-state index contributed by atoms with van der Waals surface area (Å²) in [5, 5.41) is 0. The molecule has 0 aliphatic carbocycles. The first-order valence-corrected chi connectivity index (χ1v) is 36.4. The molecule has 2 rings (SSSR count). The molecule has 2 aromatic rings. The maximum absolute atomic E-state index is 12.6. The summed E-state index contributed by atoms with van der Waals surface area (Å²) in [6.07, 6.45) is 52.3. The van der Waals surface area contributed by atoms with Crippen LogP contribution in [-0.2, 0) is 39.2 Å². The number of carbonyl (C=O) groups excluding carboxylic acids is 4. The molecule has 0 heterocycles. The molecule has 0 aliphatic rings. The van der Waals surface area contributed by atoms with Crippen molar-refractivity contribution in [2.75, 3.05) is 13.2 Å². The Kier molecular flexibility index (Phi) is 53.8. The van der Waals surface area contributed by atoms with Gasteiger partial charge in [0.2, 0.25) is 0 Å². The number of hydrogen-bond acceptors (Lipinski definition) is 14. The van der Waals surface area contributed by atoms with Crippen molar-refractivity contribution in [1.82, 2.24) is 0 Å². The maximum atomic E-state index is 12.6. The van der Waals surface area contributed by atoms with E-state index in [0.29, 0.717) is 12.8 Å². The van der Waals surface area contributed by atoms with Crippen LogP contribution in [0, 0.1) is 0 Å². The molecule has 0 aromatic heterocycles. The van der Waals surface area contributed by atoms with Gasteiger partial charge in [0.05, 0.1) is 35.5 Å². The third kappa shape index (κ3) is 44.5. The van der Waals surface area contributed by atoms with Gasteiger partial charge in [0.15, 0.2) is 10.9 Å². The molecule has 17 heteroatoms. The SMILES string of the molecule is CCCCCCCCCCCCCCCCCCCCCCOC(=O)c1ccccc1C(=O)OC(CCC)S(=O)(=O)[O-].CCCCCCCCCCCCCCCCCCCCCCOC(=O)c1ccccc1C(=O)OC(CCC)S(=O)(=O)[O-].[Ca+2]. The summed E-state index contributed by atoms with van der Waals surface area (Å²) in [5.74, 6) is -3.40. The Morgan fingerprint density at radius 2 is 0.506 bits per heavy atom. The number of benzene rings is 2. The summed E-state index contributed by atoms with van der Waals surface area (Å²) in [5.41, 5.74) is -3.81. The van der Waals surface area contributed by atoms with Crippen molar-refractivity contribution in [3.63, 3.8) is 0 Å². The summed E-state index contributed by atoms with van der Waals surface area (Å²) >= 11 is 0. The van der Waals surface area contributed by atoms with Gasteiger partial charge in [0.1, 0.15) is 20.2 Å². The fourth-order valence-electron chi connectivity index (χ4n) is 10.2. The topological polar surface area (TPSA) is 220 Å². The molecule has 484 valence electrons. The van der Waals surface area contributed by atoms with Gasteiger partial charge in [-0.3, -0.25) is 0 Å². The normalized spacial score (nSPS) is 12.1. The van der Waals surface area contributed by atoms with Crippen molar-refractivity contribution in [3.05, 3.63) is 70.8 Å². The first-order chi connectivity index (χ1) is 40.6. The van der Waals surface area contributed by atoms with Crippen LogP contribution in [0.3, 0.4) is 0 Å². The molecule has 2 atom stereocenters. The van der Waals surface area contributed by atoms with E-state index in [4.69, 9.17) is 18.9 Å². The van der Waals surface area contributed by atoms with Crippen LogP contribution in [0.2, 0.25) is 0 Å². The van der Waals surface area contributed by atoms with Gasteiger partial charge < -0.3 is 28.1 Å². The van der Waals surface area contributed by atoms with E-state index in [1.54, 1.807) is 26.0 Å². The zero-order valence-electron chi connectivity index (χ0n) is 53.5. The smallest absolute Gasteiger partial charge is 0.745 e. The molecule has 2 aromatic carbocycles. The minimum absolute atomic E-state index is 0. The van der Waals surface area contributed by atoms with Crippen LogP contribution in [0.25, 0.3) is 0 Å². The van der Waals surface area contributed by atoms with Crippen molar-refractivity contribution in [2.24, 2.45) is 0 Å². The monoisotopic (exact) mass is 1260 g/mol. The molecule has 0 N–H and O–H groups in total. The molecular weight excluding hydrogens is 1140 g/mol. The van der Waals surface area contributed by atoms with Crippen LogP contribution >= 0.6 is 0 Å². The van der Waals surface area contributed by atoms with Gasteiger partial charge in [-0.15, -0.1) is 0 Å². The van der Waals surface area contributed by atoms with E-state index in [2.05, 4.69) is 13.8 Å². The summed E-state index contributed by atoms with van der Waals surface area (Å²) < 4.78 is 88.9. The molecular formula is C68H114CaO14S2. The Balaban J connectivity index is 0.00000164. The average molecular weight is 1260 g/mol. The third-order valence-corrected chi connectivity index (χ3v) is 17.3. The van der Waals surface area contributed by atoms with Crippen LogP contribution in [0.4, 0.5) is 0 Å². The largest absolute Gasteiger partial charge is 2.00 e. The fourth-order valence-corrected chi connectivity index (χ4v) is 11.7. The van der Waals surface area contributed by atoms with Gasteiger partial charge in [-0.25, -0.2) is 36.0 Å². The van der Waals surface area contributed by atoms with Gasteiger partial charge in [-0.1, -0.05) is 309 Å². The minimum Gasteiger partial charge on any atom is -0.745 e. The van der Waals surface area contributed by atoms with E-state index in [-0.39, 0.29) is 86.0 Å². The predicted molar refractivity (Wildman–Crippen MR) is 343 cm³/mol. The quantitative estimate of drug-likeness (QED) is 0.0198. The van der Waals surface area contributed by atoms with Crippen LogP contribution < -0.4 is 0 Å². The fraction of sp³-hybridized carbons (Fsp3) is 0.765. The third-order valence-electron chi connectivity index (χ3n) is 15.4. The Bertz CT molecular complexity index is 2050. The van der Waals surface area contributed by atoms with Crippen molar-refractivity contribution in [2.45, 2.75) is 321 Å².